The Balaban J connectivity index is 1.21. The van der Waals surface area contributed by atoms with Gasteiger partial charge in [-0.1, -0.05) is 39.8 Å². The molecule has 4 aromatic rings. The van der Waals surface area contributed by atoms with Crippen molar-refractivity contribution in [2.45, 2.75) is 129 Å². The molecule has 1 unspecified atom stereocenters. The van der Waals surface area contributed by atoms with Gasteiger partial charge in [-0.15, -0.1) is 0 Å². The highest BCUT2D eigenvalue weighted by molar-refractivity contribution is 5.96. The fraction of sp³-hybridized carbons (Fsp3) is 0.549. The number of hydrogen-bond acceptors (Lipinski definition) is 10. The molecule has 14 nitrogen and oxygen atoms in total. The number of nitrogens with zero attached hydrogens (tertiary/aromatic N) is 4. The van der Waals surface area contributed by atoms with Crippen molar-refractivity contribution in [3.8, 4) is 28.1 Å². The molecule has 5 heterocycles. The summed E-state index contributed by atoms with van der Waals surface area (Å²) in [6.07, 6.45) is 6.79. The summed E-state index contributed by atoms with van der Waals surface area (Å²) in [4.78, 5) is 63.9. The Labute approximate surface area is 382 Å². The molecule has 2 saturated heterocycles. The lowest BCUT2D eigenvalue weighted by Gasteiger charge is -2.45. The van der Waals surface area contributed by atoms with Crippen LogP contribution >= 0.6 is 0 Å². The fourth-order valence-electron chi connectivity index (χ4n) is 10.9. The van der Waals surface area contributed by atoms with Crippen LogP contribution in [-0.4, -0.2) is 106 Å². The number of aromatic hydroxyl groups is 1. The molecule has 65 heavy (non-hydrogen) atoms. The van der Waals surface area contributed by atoms with Crippen molar-refractivity contribution >= 4 is 34.6 Å². The molecule has 1 aliphatic carbocycles. The number of nitrogens with one attached hydrogen (secondary N) is 3. The molecule has 1 saturated carbocycles. The molecule has 6 bridgehead atoms. The van der Waals surface area contributed by atoms with Crippen LogP contribution in [0.4, 0.5) is 0 Å². The van der Waals surface area contributed by atoms with Crippen LogP contribution in [0.15, 0.2) is 54.7 Å². The van der Waals surface area contributed by atoms with Gasteiger partial charge in [-0.25, -0.2) is 5.43 Å². The average Bonchev–Trinajstić information content (AvgIpc) is 3.86. The Bertz CT molecular complexity index is 2460. The van der Waals surface area contributed by atoms with Gasteiger partial charge in [0.25, 0.3) is 5.91 Å². The Hall–Kier alpha value is -5.31. The first-order chi connectivity index (χ1) is 31.0. The summed E-state index contributed by atoms with van der Waals surface area (Å²) in [5, 5.41) is 20.4. The number of aromatic nitrogens is 2. The van der Waals surface area contributed by atoms with Crippen LogP contribution in [0.1, 0.15) is 103 Å². The fourth-order valence-corrected chi connectivity index (χ4v) is 10.9. The molecule has 1 spiro atoms. The molecule has 3 fully saturated rings. The lowest BCUT2D eigenvalue weighted by molar-refractivity contribution is -0.155. The van der Waals surface area contributed by atoms with Gasteiger partial charge in [0.2, 0.25) is 11.8 Å². The van der Waals surface area contributed by atoms with E-state index in [0.717, 1.165) is 76.8 Å². The number of esters is 1. The number of methoxy groups -OCH3 is 1. The number of benzene rings is 2. The highest BCUT2D eigenvalue weighted by Crippen LogP contribution is 2.45. The topological polar surface area (TPSA) is 167 Å². The van der Waals surface area contributed by atoms with Crippen molar-refractivity contribution in [2.24, 2.45) is 17.3 Å². The molecule has 3 amide bonds. The van der Waals surface area contributed by atoms with Crippen molar-refractivity contribution < 1.29 is 33.8 Å². The van der Waals surface area contributed by atoms with Gasteiger partial charge in [-0.3, -0.25) is 29.2 Å². The van der Waals surface area contributed by atoms with E-state index >= 15 is 0 Å². The van der Waals surface area contributed by atoms with Crippen LogP contribution in [0.2, 0.25) is 0 Å². The molecular weight excluding hydrogens is 823 g/mol. The second-order valence-corrected chi connectivity index (χ2v) is 19.9. The first-order valence-electron chi connectivity index (χ1n) is 23.6. The van der Waals surface area contributed by atoms with Gasteiger partial charge in [0.15, 0.2) is 0 Å². The zero-order valence-corrected chi connectivity index (χ0v) is 39.3. The predicted molar refractivity (Wildman–Crippen MR) is 249 cm³/mol. The van der Waals surface area contributed by atoms with Crippen LogP contribution in [0.25, 0.3) is 33.3 Å². The van der Waals surface area contributed by atoms with Gasteiger partial charge >= 0.3 is 5.97 Å². The lowest BCUT2D eigenvalue weighted by atomic mass is 9.69. The monoisotopic (exact) mass is 890 g/mol. The van der Waals surface area contributed by atoms with Crippen molar-refractivity contribution in [3.05, 3.63) is 71.5 Å². The summed E-state index contributed by atoms with van der Waals surface area (Å²) in [5.74, 6) is -1.84. The lowest BCUT2D eigenvalue weighted by Crippen LogP contribution is -2.63. The standard InChI is InChI=1S/C51H67N7O7/c1-9-57-42-16-15-33-27-37(42)38(45(57)36-13-10-20-52-43(36)31(4)64-8)28-50(5,6)29-65-49(63)40-14-11-22-58(55-40)48(62)41(25-32-23-34(33)26-35(59)24-32)54-46(60)44(30(2)3)56(7)47(61)39-17-21-53-51(39)18-12-19-51/h10,13,15-16,20,23-24,26-27,30-31,39-41,44,53,55,59H,9,11-12,14,17-19,21-22,25,28-29H2,1-8H3,(H,54,60)/t31-,39?,40-,41-,44-/m0/s1. The minimum absolute atomic E-state index is 0.0191. The number of aryl methyl sites for hydroxylation is 1. The van der Waals surface area contributed by atoms with E-state index in [1.807, 2.05) is 39.0 Å². The van der Waals surface area contributed by atoms with Gasteiger partial charge in [-0.2, -0.15) is 0 Å². The van der Waals surface area contributed by atoms with Gasteiger partial charge in [0, 0.05) is 67.3 Å². The quantitative estimate of drug-likeness (QED) is 0.137. The molecular formula is C51H67N7O7. The summed E-state index contributed by atoms with van der Waals surface area (Å²) in [5.41, 5.74) is 9.56. The number of ether oxygens (including phenoxy) is 2. The maximum absolute atomic E-state index is 14.7. The smallest absolute Gasteiger partial charge is 0.324 e. The zero-order chi connectivity index (χ0) is 46.4. The SMILES string of the molecule is CCn1c(-c2cccnc2[C@H](C)OC)c2c3cc(ccc31)-c1cc(O)cc(c1)C[C@H](NC(=O)[C@H](C(C)C)N(C)C(=O)C1CCNC13CCC3)C(=O)N1CCC[C@H](N1)C(=O)OCC(C)(C)C2. The summed E-state index contributed by atoms with van der Waals surface area (Å²) >= 11 is 0. The highest BCUT2D eigenvalue weighted by Gasteiger charge is 2.52. The minimum Gasteiger partial charge on any atom is -0.508 e. The molecule has 4 N–H and O–H groups in total. The van der Waals surface area contributed by atoms with Crippen LogP contribution < -0.4 is 16.1 Å². The third kappa shape index (κ3) is 9.01. The normalized spacial score (nSPS) is 22.8. The molecule has 4 aliphatic rings. The number of likely N-dealkylation sites (N-methyl/N-ethyl adjacent to an activating group) is 1. The minimum atomic E-state index is -1.11. The van der Waals surface area contributed by atoms with E-state index in [4.69, 9.17) is 14.5 Å². The Morgan fingerprint density at radius 1 is 1.06 bits per heavy atom. The highest BCUT2D eigenvalue weighted by atomic mass is 16.5. The van der Waals surface area contributed by atoms with Crippen molar-refractivity contribution in [3.63, 3.8) is 0 Å². The molecule has 5 atom stereocenters. The Morgan fingerprint density at radius 2 is 1.85 bits per heavy atom. The van der Waals surface area contributed by atoms with Gasteiger partial charge in [-0.05, 0) is 130 Å². The first kappa shape index (κ1) is 46.2. The number of hydrogen-bond donors (Lipinski definition) is 4. The van der Waals surface area contributed by atoms with Crippen molar-refractivity contribution in [1.29, 1.82) is 0 Å². The number of pyridine rings is 1. The number of phenols is 1. The second-order valence-electron chi connectivity index (χ2n) is 19.9. The van der Waals surface area contributed by atoms with Crippen molar-refractivity contribution in [1.82, 2.24) is 35.5 Å². The van der Waals surface area contributed by atoms with E-state index in [1.54, 1.807) is 37.4 Å². The number of rotatable bonds is 9. The van der Waals surface area contributed by atoms with Crippen LogP contribution in [0, 0.1) is 17.3 Å². The van der Waals surface area contributed by atoms with Gasteiger partial charge in [0.1, 0.15) is 23.9 Å². The van der Waals surface area contributed by atoms with Crippen molar-refractivity contribution in [2.75, 3.05) is 33.9 Å². The van der Waals surface area contributed by atoms with E-state index in [2.05, 4.69) is 59.6 Å². The molecule has 8 rings (SSSR count). The predicted octanol–water partition coefficient (Wildman–Crippen LogP) is 6.47. The molecule has 14 heteroatoms. The van der Waals surface area contributed by atoms with E-state index in [0.29, 0.717) is 37.9 Å². The number of phenolic OH excluding ortho intramolecular Hbond substituents is 1. The van der Waals surface area contributed by atoms with E-state index in [-0.39, 0.29) is 48.2 Å². The Kier molecular flexibility index (Phi) is 13.2. The number of amides is 3. The van der Waals surface area contributed by atoms with E-state index in [9.17, 15) is 24.3 Å². The van der Waals surface area contributed by atoms with Crippen LogP contribution in [0.5, 0.6) is 5.75 Å². The van der Waals surface area contributed by atoms with E-state index in [1.165, 1.54) is 5.01 Å². The Morgan fingerprint density at radius 3 is 2.55 bits per heavy atom. The number of carbonyl (C=O) groups is 4. The number of cyclic esters (lactones) is 1. The van der Waals surface area contributed by atoms with Crippen LogP contribution in [-0.2, 0) is 48.0 Å². The number of fused-ring (bicyclic) bond motifs is 6. The van der Waals surface area contributed by atoms with E-state index < -0.39 is 41.3 Å². The van der Waals surface area contributed by atoms with Gasteiger partial charge in [0.05, 0.1) is 30.0 Å². The zero-order valence-electron chi connectivity index (χ0n) is 39.3. The third-order valence-corrected chi connectivity index (χ3v) is 14.5. The molecule has 2 aromatic carbocycles. The number of carbonyl (C=O) groups excluding carboxylic acids is 4. The largest absolute Gasteiger partial charge is 0.508 e. The molecule has 0 radical (unpaired) electrons. The van der Waals surface area contributed by atoms with Crippen LogP contribution in [0.3, 0.4) is 0 Å². The second kappa shape index (κ2) is 18.5. The molecule has 348 valence electrons. The molecule has 2 aromatic heterocycles. The molecule has 3 aliphatic heterocycles. The maximum atomic E-state index is 14.7. The summed E-state index contributed by atoms with van der Waals surface area (Å²) in [7, 11) is 3.38. The maximum Gasteiger partial charge on any atom is 0.324 e. The summed E-state index contributed by atoms with van der Waals surface area (Å²) < 4.78 is 14.3. The third-order valence-electron chi connectivity index (χ3n) is 14.5. The average molecular weight is 890 g/mol. The number of hydrazine groups is 1. The summed E-state index contributed by atoms with van der Waals surface area (Å²) in [6.45, 7) is 14.0. The summed E-state index contributed by atoms with van der Waals surface area (Å²) in [6, 6.07) is 12.9. The first-order valence-corrected chi connectivity index (χ1v) is 23.6. The van der Waals surface area contributed by atoms with Gasteiger partial charge < -0.3 is 34.7 Å².